The van der Waals surface area contributed by atoms with Gasteiger partial charge >= 0.3 is 0 Å². The van der Waals surface area contributed by atoms with Crippen LogP contribution in [-0.4, -0.2) is 18.3 Å². The van der Waals surface area contributed by atoms with E-state index in [1.54, 1.807) is 13.0 Å². The van der Waals surface area contributed by atoms with Crippen LogP contribution in [0.2, 0.25) is 0 Å². The van der Waals surface area contributed by atoms with E-state index < -0.39 is 0 Å². The standard InChI is InChI=1S/C12H18ClNO2/c1-9-10(4-7-16-9)11(15)14-8-12(2,3)5-6-13/h4,7H,5-6,8H2,1-3H3,(H,14,15). The van der Waals surface area contributed by atoms with Crippen LogP contribution in [0, 0.1) is 12.3 Å². The molecule has 0 fully saturated rings. The fraction of sp³-hybridized carbons (Fsp3) is 0.583. The van der Waals surface area contributed by atoms with Crippen molar-refractivity contribution in [2.45, 2.75) is 27.2 Å². The van der Waals surface area contributed by atoms with Crippen LogP contribution in [0.1, 0.15) is 36.4 Å². The minimum absolute atomic E-state index is 0.0229. The molecule has 1 rings (SSSR count). The molecule has 1 heterocycles. The Hall–Kier alpha value is -0.960. The Labute approximate surface area is 101 Å². The predicted molar refractivity (Wildman–Crippen MR) is 64.9 cm³/mol. The molecule has 0 aliphatic rings. The summed E-state index contributed by atoms with van der Waals surface area (Å²) in [5, 5.41) is 2.89. The fourth-order valence-corrected chi connectivity index (χ4v) is 1.89. The Morgan fingerprint density at radius 2 is 2.25 bits per heavy atom. The molecule has 0 saturated carbocycles. The van der Waals surface area contributed by atoms with Gasteiger partial charge in [0, 0.05) is 12.4 Å². The Bertz CT molecular complexity index is 358. The molecule has 90 valence electrons. The molecule has 1 amide bonds. The van der Waals surface area contributed by atoms with Gasteiger partial charge in [-0.15, -0.1) is 11.6 Å². The average Bonchev–Trinajstić information content (AvgIpc) is 2.61. The van der Waals surface area contributed by atoms with E-state index in [0.29, 0.717) is 23.7 Å². The molecule has 4 heteroatoms. The highest BCUT2D eigenvalue weighted by molar-refractivity contribution is 6.17. The third kappa shape index (κ3) is 3.56. The van der Waals surface area contributed by atoms with Crippen LogP contribution < -0.4 is 5.32 Å². The summed E-state index contributed by atoms with van der Waals surface area (Å²) in [5.74, 6) is 1.16. The van der Waals surface area contributed by atoms with Gasteiger partial charge in [0.25, 0.3) is 5.91 Å². The third-order valence-corrected chi connectivity index (χ3v) is 2.79. The summed E-state index contributed by atoms with van der Waals surface area (Å²) < 4.78 is 5.08. The van der Waals surface area contributed by atoms with Gasteiger partial charge in [-0.1, -0.05) is 13.8 Å². The minimum Gasteiger partial charge on any atom is -0.469 e. The topological polar surface area (TPSA) is 42.2 Å². The SMILES string of the molecule is Cc1occc1C(=O)NCC(C)(C)CCCl. The number of rotatable bonds is 5. The van der Waals surface area contributed by atoms with Gasteiger partial charge in [0.05, 0.1) is 11.8 Å². The summed E-state index contributed by atoms with van der Waals surface area (Å²) in [6.07, 6.45) is 2.40. The molecule has 1 aromatic heterocycles. The molecule has 16 heavy (non-hydrogen) atoms. The maximum atomic E-state index is 11.8. The number of carbonyl (C=O) groups is 1. The van der Waals surface area contributed by atoms with Gasteiger partial charge in [-0.05, 0) is 24.8 Å². The zero-order chi connectivity index (χ0) is 12.2. The predicted octanol–water partition coefficient (Wildman–Crippen LogP) is 2.97. The zero-order valence-corrected chi connectivity index (χ0v) is 10.7. The van der Waals surface area contributed by atoms with E-state index in [1.807, 2.05) is 0 Å². The molecule has 0 unspecified atom stereocenters. The van der Waals surface area contributed by atoms with E-state index in [2.05, 4.69) is 19.2 Å². The first-order valence-corrected chi connectivity index (χ1v) is 5.88. The number of aryl methyl sites for hydroxylation is 1. The number of amides is 1. The first-order chi connectivity index (χ1) is 7.46. The van der Waals surface area contributed by atoms with Crippen LogP contribution in [0.25, 0.3) is 0 Å². The van der Waals surface area contributed by atoms with Crippen molar-refractivity contribution < 1.29 is 9.21 Å². The van der Waals surface area contributed by atoms with Crippen molar-refractivity contribution in [2.24, 2.45) is 5.41 Å². The van der Waals surface area contributed by atoms with E-state index in [9.17, 15) is 4.79 Å². The fourth-order valence-electron chi connectivity index (χ4n) is 1.38. The van der Waals surface area contributed by atoms with Crippen molar-refractivity contribution >= 4 is 17.5 Å². The number of halogens is 1. The average molecular weight is 244 g/mol. The summed E-state index contributed by atoms with van der Waals surface area (Å²) in [7, 11) is 0. The molecule has 1 N–H and O–H groups in total. The van der Waals surface area contributed by atoms with Gasteiger partial charge in [-0.3, -0.25) is 4.79 Å². The highest BCUT2D eigenvalue weighted by Gasteiger charge is 2.19. The molecule has 0 bridgehead atoms. The van der Waals surface area contributed by atoms with Crippen molar-refractivity contribution in [1.82, 2.24) is 5.32 Å². The molecule has 0 aliphatic carbocycles. The van der Waals surface area contributed by atoms with Gasteiger partial charge in [-0.2, -0.15) is 0 Å². The molecule has 3 nitrogen and oxygen atoms in total. The van der Waals surface area contributed by atoms with E-state index in [0.717, 1.165) is 6.42 Å². The molecule has 0 aliphatic heterocycles. The molecule has 0 aromatic carbocycles. The monoisotopic (exact) mass is 243 g/mol. The Balaban J connectivity index is 2.51. The second-order valence-electron chi connectivity index (χ2n) is 4.68. The first-order valence-electron chi connectivity index (χ1n) is 5.34. The molecule has 0 radical (unpaired) electrons. The number of hydrogen-bond donors (Lipinski definition) is 1. The van der Waals surface area contributed by atoms with Crippen LogP contribution in [-0.2, 0) is 0 Å². The summed E-state index contributed by atoms with van der Waals surface area (Å²) in [6, 6.07) is 1.68. The van der Waals surface area contributed by atoms with Crippen LogP contribution >= 0.6 is 11.6 Å². The second kappa shape index (κ2) is 5.39. The van der Waals surface area contributed by atoms with Gasteiger partial charge in [0.15, 0.2) is 0 Å². The molecular weight excluding hydrogens is 226 g/mol. The second-order valence-corrected chi connectivity index (χ2v) is 5.05. The molecule has 1 aromatic rings. The molecule has 0 spiro atoms. The number of carbonyl (C=O) groups excluding carboxylic acids is 1. The summed E-state index contributed by atoms with van der Waals surface area (Å²) in [6.45, 7) is 6.55. The van der Waals surface area contributed by atoms with Gasteiger partial charge in [0.2, 0.25) is 0 Å². The largest absolute Gasteiger partial charge is 0.469 e. The quantitative estimate of drug-likeness (QED) is 0.808. The number of furan rings is 1. The maximum Gasteiger partial charge on any atom is 0.254 e. The number of alkyl halides is 1. The van der Waals surface area contributed by atoms with Crippen molar-refractivity contribution in [3.05, 3.63) is 23.7 Å². The smallest absolute Gasteiger partial charge is 0.254 e. The first kappa shape index (κ1) is 13.1. The Kier molecular flexibility index (Phi) is 4.42. The Morgan fingerprint density at radius 1 is 1.56 bits per heavy atom. The van der Waals surface area contributed by atoms with Crippen molar-refractivity contribution in [2.75, 3.05) is 12.4 Å². The van der Waals surface area contributed by atoms with Crippen molar-refractivity contribution in [1.29, 1.82) is 0 Å². The lowest BCUT2D eigenvalue weighted by Crippen LogP contribution is -2.34. The number of hydrogen-bond acceptors (Lipinski definition) is 2. The highest BCUT2D eigenvalue weighted by Crippen LogP contribution is 2.19. The van der Waals surface area contributed by atoms with Gasteiger partial charge in [-0.25, -0.2) is 0 Å². The molecular formula is C12H18ClNO2. The van der Waals surface area contributed by atoms with Crippen molar-refractivity contribution in [3.8, 4) is 0 Å². The van der Waals surface area contributed by atoms with Crippen LogP contribution in [0.5, 0.6) is 0 Å². The minimum atomic E-state index is -0.0890. The third-order valence-electron chi connectivity index (χ3n) is 2.60. The normalized spacial score (nSPS) is 11.5. The zero-order valence-electron chi connectivity index (χ0n) is 9.97. The van der Waals surface area contributed by atoms with Crippen LogP contribution in [0.3, 0.4) is 0 Å². The molecule has 0 saturated heterocycles. The highest BCUT2D eigenvalue weighted by atomic mass is 35.5. The van der Waals surface area contributed by atoms with Gasteiger partial charge < -0.3 is 9.73 Å². The van der Waals surface area contributed by atoms with E-state index >= 15 is 0 Å². The lowest BCUT2D eigenvalue weighted by molar-refractivity contribution is 0.0934. The lowest BCUT2D eigenvalue weighted by Gasteiger charge is -2.23. The van der Waals surface area contributed by atoms with Gasteiger partial charge in [0.1, 0.15) is 5.76 Å². The summed E-state index contributed by atoms with van der Waals surface area (Å²) >= 11 is 5.70. The lowest BCUT2D eigenvalue weighted by atomic mass is 9.90. The summed E-state index contributed by atoms with van der Waals surface area (Å²) in [4.78, 5) is 11.8. The van der Waals surface area contributed by atoms with Crippen LogP contribution in [0.15, 0.2) is 16.7 Å². The Morgan fingerprint density at radius 3 is 2.75 bits per heavy atom. The van der Waals surface area contributed by atoms with E-state index in [-0.39, 0.29) is 11.3 Å². The van der Waals surface area contributed by atoms with Crippen molar-refractivity contribution in [3.63, 3.8) is 0 Å². The summed E-state index contributed by atoms with van der Waals surface area (Å²) in [5.41, 5.74) is 0.622. The van der Waals surface area contributed by atoms with Crippen LogP contribution in [0.4, 0.5) is 0 Å². The number of nitrogens with one attached hydrogen (secondary N) is 1. The van der Waals surface area contributed by atoms with E-state index in [4.69, 9.17) is 16.0 Å². The van der Waals surface area contributed by atoms with E-state index in [1.165, 1.54) is 6.26 Å². The maximum absolute atomic E-state index is 11.8. The molecule has 0 atom stereocenters.